The van der Waals surface area contributed by atoms with E-state index in [1.54, 1.807) is 0 Å². The molecule has 3 rings (SSSR count). The standard InChI is InChI=1S/C17H19N3O3/c21-15-8-9-20(17(23)19-15)11-16(22)18-10-13-6-3-5-12-4-1-2-7-14(12)13/h1-2,4,7-9,13H,3,5-6,10-11H2,(H,18,22)(H,19,21,23). The molecule has 1 aromatic carbocycles. The van der Waals surface area contributed by atoms with Crippen molar-refractivity contribution < 1.29 is 4.79 Å². The molecule has 0 saturated heterocycles. The molecule has 0 saturated carbocycles. The zero-order valence-corrected chi connectivity index (χ0v) is 12.7. The lowest BCUT2D eigenvalue weighted by molar-refractivity contribution is -0.121. The summed E-state index contributed by atoms with van der Waals surface area (Å²) in [6, 6.07) is 9.56. The van der Waals surface area contributed by atoms with Crippen molar-refractivity contribution >= 4 is 5.91 Å². The number of fused-ring (bicyclic) bond motifs is 1. The molecule has 0 fully saturated rings. The van der Waals surface area contributed by atoms with Crippen molar-refractivity contribution in [2.45, 2.75) is 31.7 Å². The Morgan fingerprint density at radius 3 is 2.91 bits per heavy atom. The van der Waals surface area contributed by atoms with Gasteiger partial charge in [0.2, 0.25) is 5.91 Å². The molecule has 1 atom stereocenters. The molecule has 1 aliphatic rings. The number of amides is 1. The van der Waals surface area contributed by atoms with Crippen molar-refractivity contribution in [1.82, 2.24) is 14.9 Å². The minimum atomic E-state index is -0.573. The van der Waals surface area contributed by atoms with Crippen molar-refractivity contribution in [2.75, 3.05) is 6.54 Å². The Balaban J connectivity index is 1.62. The third-order valence-electron chi connectivity index (χ3n) is 4.25. The number of hydrogen-bond donors (Lipinski definition) is 2. The van der Waals surface area contributed by atoms with Gasteiger partial charge in [0.1, 0.15) is 6.54 Å². The quantitative estimate of drug-likeness (QED) is 0.874. The highest BCUT2D eigenvalue weighted by molar-refractivity contribution is 5.75. The topological polar surface area (TPSA) is 84.0 Å². The molecule has 6 heteroatoms. The number of benzene rings is 1. The number of nitrogens with zero attached hydrogens (tertiary/aromatic N) is 1. The van der Waals surface area contributed by atoms with E-state index in [-0.39, 0.29) is 12.5 Å². The highest BCUT2D eigenvalue weighted by Crippen LogP contribution is 2.30. The number of nitrogens with one attached hydrogen (secondary N) is 2. The molecule has 0 spiro atoms. The van der Waals surface area contributed by atoms with Crippen molar-refractivity contribution in [3.05, 3.63) is 68.5 Å². The van der Waals surface area contributed by atoms with Crippen LogP contribution in [0.3, 0.4) is 0 Å². The Hall–Kier alpha value is -2.63. The Bertz CT molecular complexity index is 822. The first kappa shape index (κ1) is 15.3. The van der Waals surface area contributed by atoms with Crippen molar-refractivity contribution in [3.63, 3.8) is 0 Å². The number of hydrogen-bond acceptors (Lipinski definition) is 3. The number of carbonyl (C=O) groups excluding carboxylic acids is 1. The van der Waals surface area contributed by atoms with Gasteiger partial charge in [-0.15, -0.1) is 0 Å². The van der Waals surface area contributed by atoms with E-state index in [1.165, 1.54) is 28.0 Å². The van der Waals surface area contributed by atoms with E-state index in [9.17, 15) is 14.4 Å². The monoisotopic (exact) mass is 313 g/mol. The smallest absolute Gasteiger partial charge is 0.328 e. The molecule has 0 aliphatic heterocycles. The summed E-state index contributed by atoms with van der Waals surface area (Å²) in [6.07, 6.45) is 4.59. The summed E-state index contributed by atoms with van der Waals surface area (Å²) in [7, 11) is 0. The van der Waals surface area contributed by atoms with Gasteiger partial charge in [0.25, 0.3) is 5.56 Å². The van der Waals surface area contributed by atoms with Crippen molar-refractivity contribution in [3.8, 4) is 0 Å². The van der Waals surface area contributed by atoms with Crippen molar-refractivity contribution in [2.24, 2.45) is 0 Å². The Morgan fingerprint density at radius 2 is 2.09 bits per heavy atom. The zero-order valence-electron chi connectivity index (χ0n) is 12.7. The molecule has 0 radical (unpaired) electrons. The number of aromatic nitrogens is 2. The van der Waals surface area contributed by atoms with E-state index in [0.29, 0.717) is 12.5 Å². The molecule has 23 heavy (non-hydrogen) atoms. The first-order chi connectivity index (χ1) is 11.1. The predicted molar refractivity (Wildman–Crippen MR) is 86.5 cm³/mol. The molecule has 2 N–H and O–H groups in total. The van der Waals surface area contributed by atoms with E-state index < -0.39 is 11.2 Å². The summed E-state index contributed by atoms with van der Waals surface area (Å²) in [5.41, 5.74) is 1.62. The Labute approximate surface area is 133 Å². The van der Waals surface area contributed by atoms with Crippen LogP contribution in [0.4, 0.5) is 0 Å². The average molecular weight is 313 g/mol. The van der Waals surface area contributed by atoms with Gasteiger partial charge in [-0.25, -0.2) is 4.79 Å². The van der Waals surface area contributed by atoms with Crippen LogP contribution in [0.5, 0.6) is 0 Å². The van der Waals surface area contributed by atoms with Gasteiger partial charge in [0.15, 0.2) is 0 Å². The molecule has 1 aromatic heterocycles. The highest BCUT2D eigenvalue weighted by atomic mass is 16.2. The summed E-state index contributed by atoms with van der Waals surface area (Å²) in [6.45, 7) is 0.470. The fraction of sp³-hybridized carbons (Fsp3) is 0.353. The largest absolute Gasteiger partial charge is 0.354 e. The Kier molecular flexibility index (Phi) is 4.41. The van der Waals surface area contributed by atoms with Gasteiger partial charge in [-0.2, -0.15) is 0 Å². The van der Waals surface area contributed by atoms with Crippen LogP contribution >= 0.6 is 0 Å². The minimum Gasteiger partial charge on any atom is -0.354 e. The maximum atomic E-state index is 12.0. The number of carbonyl (C=O) groups is 1. The zero-order chi connectivity index (χ0) is 16.2. The van der Waals surface area contributed by atoms with Crippen LogP contribution in [0.2, 0.25) is 0 Å². The van der Waals surface area contributed by atoms with Crippen LogP contribution in [-0.2, 0) is 17.8 Å². The van der Waals surface area contributed by atoms with Gasteiger partial charge in [0, 0.05) is 24.7 Å². The molecular formula is C17H19N3O3. The average Bonchev–Trinajstić information content (AvgIpc) is 2.55. The van der Waals surface area contributed by atoms with Gasteiger partial charge < -0.3 is 5.32 Å². The molecule has 6 nitrogen and oxygen atoms in total. The normalized spacial score (nSPS) is 16.6. The fourth-order valence-corrected chi connectivity index (χ4v) is 3.08. The second kappa shape index (κ2) is 6.64. The summed E-state index contributed by atoms with van der Waals surface area (Å²) < 4.78 is 1.19. The van der Waals surface area contributed by atoms with E-state index in [1.807, 2.05) is 12.1 Å². The molecule has 0 bridgehead atoms. The SMILES string of the molecule is O=C(Cn1ccc(=O)[nH]c1=O)NCC1CCCc2ccccc21. The number of aryl methyl sites for hydroxylation is 1. The molecule has 120 valence electrons. The van der Waals surface area contributed by atoms with Gasteiger partial charge in [0.05, 0.1) is 0 Å². The van der Waals surface area contributed by atoms with Crippen LogP contribution in [0.1, 0.15) is 29.9 Å². The van der Waals surface area contributed by atoms with Crippen LogP contribution in [0.25, 0.3) is 0 Å². The third-order valence-corrected chi connectivity index (χ3v) is 4.25. The third kappa shape index (κ3) is 3.59. The summed E-state index contributed by atoms with van der Waals surface area (Å²) in [5, 5.41) is 2.89. The van der Waals surface area contributed by atoms with Gasteiger partial charge >= 0.3 is 5.69 Å². The fourth-order valence-electron chi connectivity index (χ4n) is 3.08. The lowest BCUT2D eigenvalue weighted by Crippen LogP contribution is -2.37. The number of H-pyrrole nitrogens is 1. The van der Waals surface area contributed by atoms with E-state index in [2.05, 4.69) is 22.4 Å². The molecule has 1 aliphatic carbocycles. The van der Waals surface area contributed by atoms with Crippen LogP contribution < -0.4 is 16.6 Å². The molecule has 2 aromatic rings. The summed E-state index contributed by atoms with van der Waals surface area (Å²) in [5.74, 6) is 0.0819. The van der Waals surface area contributed by atoms with E-state index >= 15 is 0 Å². The number of aromatic amines is 1. The molecule has 1 unspecified atom stereocenters. The van der Waals surface area contributed by atoms with Gasteiger partial charge in [-0.05, 0) is 30.4 Å². The molecule has 1 amide bonds. The maximum absolute atomic E-state index is 12.0. The van der Waals surface area contributed by atoms with Crippen LogP contribution in [0, 0.1) is 0 Å². The van der Waals surface area contributed by atoms with Crippen LogP contribution in [-0.4, -0.2) is 22.0 Å². The van der Waals surface area contributed by atoms with Gasteiger partial charge in [-0.1, -0.05) is 24.3 Å². The second-order valence-electron chi connectivity index (χ2n) is 5.83. The van der Waals surface area contributed by atoms with E-state index in [0.717, 1.165) is 19.3 Å². The summed E-state index contributed by atoms with van der Waals surface area (Å²) in [4.78, 5) is 36.8. The first-order valence-corrected chi connectivity index (χ1v) is 7.78. The Morgan fingerprint density at radius 1 is 1.26 bits per heavy atom. The molecule has 1 heterocycles. The predicted octanol–water partition coefficient (Wildman–Crippen LogP) is 0.773. The summed E-state index contributed by atoms with van der Waals surface area (Å²) >= 11 is 0. The molecular weight excluding hydrogens is 294 g/mol. The lowest BCUT2D eigenvalue weighted by atomic mass is 9.83. The minimum absolute atomic E-state index is 0.0933. The lowest BCUT2D eigenvalue weighted by Gasteiger charge is -2.25. The maximum Gasteiger partial charge on any atom is 0.328 e. The number of rotatable bonds is 4. The highest BCUT2D eigenvalue weighted by Gasteiger charge is 2.20. The second-order valence-corrected chi connectivity index (χ2v) is 5.83. The van der Waals surface area contributed by atoms with Crippen LogP contribution in [0.15, 0.2) is 46.1 Å². The van der Waals surface area contributed by atoms with Gasteiger partial charge in [-0.3, -0.25) is 19.1 Å². The first-order valence-electron chi connectivity index (χ1n) is 7.78. The van der Waals surface area contributed by atoms with Crippen molar-refractivity contribution in [1.29, 1.82) is 0 Å². The van der Waals surface area contributed by atoms with E-state index in [4.69, 9.17) is 0 Å².